The summed E-state index contributed by atoms with van der Waals surface area (Å²) in [6.45, 7) is 7.48. The summed E-state index contributed by atoms with van der Waals surface area (Å²) in [5.74, 6) is -6.63. The van der Waals surface area contributed by atoms with Crippen LogP contribution in [0.4, 0.5) is 0 Å². The number of hydrogen-bond donors (Lipinski definition) is 4. The zero-order valence-electron chi connectivity index (χ0n) is 31.4. The van der Waals surface area contributed by atoms with E-state index in [1.807, 2.05) is 19.9 Å². The van der Waals surface area contributed by atoms with Gasteiger partial charge in [0.05, 0.1) is 29.4 Å². The fourth-order valence-corrected chi connectivity index (χ4v) is 11.9. The Balaban J connectivity index is 1.23. The Kier molecular flexibility index (Phi) is 8.95. The van der Waals surface area contributed by atoms with Crippen LogP contribution in [0.1, 0.15) is 85.9 Å². The van der Waals surface area contributed by atoms with Crippen molar-refractivity contribution in [2.45, 2.75) is 124 Å². The van der Waals surface area contributed by atoms with Gasteiger partial charge in [-0.2, -0.15) is 0 Å². The highest BCUT2D eigenvalue weighted by Crippen LogP contribution is 2.75. The van der Waals surface area contributed by atoms with Crippen LogP contribution in [0.2, 0.25) is 0 Å². The van der Waals surface area contributed by atoms with Crippen LogP contribution < -0.4 is 0 Å². The molecule has 2 unspecified atom stereocenters. The molecule has 296 valence electrons. The van der Waals surface area contributed by atoms with Gasteiger partial charge in [0.1, 0.15) is 42.2 Å². The lowest BCUT2D eigenvalue weighted by Gasteiger charge is -2.61. The first-order chi connectivity index (χ1) is 26.4. The van der Waals surface area contributed by atoms with Gasteiger partial charge in [-0.1, -0.05) is 82.0 Å². The van der Waals surface area contributed by atoms with Gasteiger partial charge >= 0.3 is 17.9 Å². The Labute approximate surface area is 320 Å². The largest absolute Gasteiger partial charge is 0.462 e. The number of benzene rings is 2. The van der Waals surface area contributed by atoms with E-state index < -0.39 is 107 Å². The molecule has 2 aromatic carbocycles. The second-order valence-electron chi connectivity index (χ2n) is 17.3. The van der Waals surface area contributed by atoms with Crippen LogP contribution in [0, 0.1) is 29.6 Å². The van der Waals surface area contributed by atoms with Crippen molar-refractivity contribution < 1.29 is 58.4 Å². The molecule has 15 atom stereocenters. The number of aliphatic hydroxyl groups excluding tert-OH is 3. The molecule has 12 heteroatoms. The molecular formula is C43H52O12. The van der Waals surface area contributed by atoms with Crippen LogP contribution in [-0.4, -0.2) is 104 Å². The minimum absolute atomic E-state index is 0.176. The molecule has 3 saturated carbocycles. The molecule has 0 amide bonds. The highest BCUT2D eigenvalue weighted by atomic mass is 16.9. The van der Waals surface area contributed by atoms with Crippen molar-refractivity contribution in [1.29, 1.82) is 0 Å². The fourth-order valence-electron chi connectivity index (χ4n) is 11.9. The van der Waals surface area contributed by atoms with Gasteiger partial charge in [0.15, 0.2) is 5.60 Å². The van der Waals surface area contributed by atoms with Crippen LogP contribution in [-0.2, 0) is 28.4 Å². The predicted octanol–water partition coefficient (Wildman–Crippen LogP) is 4.08. The first kappa shape index (κ1) is 37.4. The lowest BCUT2D eigenvalue weighted by molar-refractivity contribution is -0.459. The molecule has 9 rings (SSSR count). The Morgan fingerprint density at radius 3 is 2.11 bits per heavy atom. The second kappa shape index (κ2) is 13.2. The second-order valence-corrected chi connectivity index (χ2v) is 17.3. The van der Waals surface area contributed by atoms with Crippen LogP contribution in [0.3, 0.4) is 0 Å². The SMILES string of the molecule is C=C(C)[C@@]12C[C@@H](COC(=O)c3ccccc3)[C@]34OC5(O[C@@H]1[C@H]3[C@@H]1O[C@]1(COC(=O)c1ccccc1)C(O)[C@@]1(O)[C@@H](O)[C@@H](C)[C@H](CCCCCCC[C@H]5O)[C@@H]14)O2. The number of epoxide rings is 1. The van der Waals surface area contributed by atoms with Crippen molar-refractivity contribution in [2.24, 2.45) is 29.6 Å². The maximum atomic E-state index is 13.6. The molecule has 7 aliphatic rings. The van der Waals surface area contributed by atoms with Crippen LogP contribution in [0.15, 0.2) is 72.8 Å². The van der Waals surface area contributed by atoms with Gasteiger partial charge in [-0.25, -0.2) is 9.59 Å². The van der Waals surface area contributed by atoms with Crippen molar-refractivity contribution >= 4 is 11.9 Å². The summed E-state index contributed by atoms with van der Waals surface area (Å²) >= 11 is 0. The smallest absolute Gasteiger partial charge is 0.338 e. The third-order valence-corrected chi connectivity index (χ3v) is 14.5. The minimum Gasteiger partial charge on any atom is -0.462 e. The third kappa shape index (κ3) is 5.18. The summed E-state index contributed by atoms with van der Waals surface area (Å²) in [5, 5.41) is 50.5. The lowest BCUT2D eigenvalue weighted by atomic mass is 9.52. The normalized spacial score (nSPS) is 46.6. The topological polar surface area (TPSA) is 174 Å². The van der Waals surface area contributed by atoms with E-state index in [1.54, 1.807) is 54.6 Å². The molecular weight excluding hydrogens is 708 g/mol. The maximum absolute atomic E-state index is 13.6. The average Bonchev–Trinajstić information content (AvgIpc) is 3.83. The third-order valence-electron chi connectivity index (χ3n) is 14.5. The fraction of sp³-hybridized carbons (Fsp3) is 0.628. The molecule has 2 aromatic rings. The van der Waals surface area contributed by atoms with Crippen LogP contribution in [0.25, 0.3) is 0 Å². The number of ether oxygens (including phenoxy) is 6. The molecule has 12 nitrogen and oxygen atoms in total. The molecule has 0 aromatic heterocycles. The van der Waals surface area contributed by atoms with Crippen LogP contribution in [0.5, 0.6) is 0 Å². The van der Waals surface area contributed by atoms with Gasteiger partial charge in [0, 0.05) is 17.8 Å². The van der Waals surface area contributed by atoms with Gasteiger partial charge in [-0.15, -0.1) is 0 Å². The molecule has 7 fully saturated rings. The molecule has 4 heterocycles. The Morgan fingerprint density at radius 2 is 1.45 bits per heavy atom. The van der Waals surface area contributed by atoms with E-state index in [4.69, 9.17) is 28.4 Å². The number of carbonyl (C=O) groups is 2. The Morgan fingerprint density at radius 1 is 0.836 bits per heavy atom. The Bertz CT molecular complexity index is 1820. The number of esters is 2. The van der Waals surface area contributed by atoms with E-state index in [9.17, 15) is 30.0 Å². The number of aliphatic hydroxyl groups is 4. The monoisotopic (exact) mass is 760 g/mol. The highest BCUT2D eigenvalue weighted by molar-refractivity contribution is 5.89. The number of fused-ring (bicyclic) bond motifs is 1. The molecule has 3 aliphatic carbocycles. The van der Waals surface area contributed by atoms with E-state index in [2.05, 4.69) is 6.58 Å². The number of rotatable bonds is 7. The molecule has 4 aliphatic heterocycles. The van der Waals surface area contributed by atoms with Crippen LogP contribution >= 0.6 is 0 Å². The van der Waals surface area contributed by atoms with Gasteiger partial charge in [-0.3, -0.25) is 0 Å². The number of carbonyl (C=O) groups excluding carboxylic acids is 2. The van der Waals surface area contributed by atoms with E-state index in [-0.39, 0.29) is 13.0 Å². The minimum atomic E-state index is -2.26. The predicted molar refractivity (Wildman–Crippen MR) is 194 cm³/mol. The summed E-state index contributed by atoms with van der Waals surface area (Å²) in [6, 6.07) is 17.1. The molecule has 2 spiro atoms. The van der Waals surface area contributed by atoms with Crippen molar-refractivity contribution in [3.05, 3.63) is 83.9 Å². The summed E-state index contributed by atoms with van der Waals surface area (Å²) in [5.41, 5.74) is -5.50. The highest BCUT2D eigenvalue weighted by Gasteiger charge is 2.90. The molecule has 0 radical (unpaired) electrons. The van der Waals surface area contributed by atoms with E-state index in [0.717, 1.165) is 25.7 Å². The van der Waals surface area contributed by atoms with Crippen molar-refractivity contribution in [2.75, 3.05) is 13.2 Å². The molecule has 4 saturated heterocycles. The molecule has 55 heavy (non-hydrogen) atoms. The lowest BCUT2D eigenvalue weighted by Crippen LogP contribution is -2.75. The zero-order chi connectivity index (χ0) is 38.5. The van der Waals surface area contributed by atoms with Crippen molar-refractivity contribution in [3.8, 4) is 0 Å². The van der Waals surface area contributed by atoms with Crippen molar-refractivity contribution in [3.63, 3.8) is 0 Å². The van der Waals surface area contributed by atoms with E-state index in [0.29, 0.717) is 36.0 Å². The van der Waals surface area contributed by atoms with Gasteiger partial charge in [-0.05, 0) is 67.9 Å². The van der Waals surface area contributed by atoms with E-state index in [1.165, 1.54) is 0 Å². The summed E-state index contributed by atoms with van der Waals surface area (Å²) < 4.78 is 39.8. The maximum Gasteiger partial charge on any atom is 0.338 e. The zero-order valence-corrected chi connectivity index (χ0v) is 31.4. The molecule has 4 N–H and O–H groups in total. The average molecular weight is 761 g/mol. The Hall–Kier alpha value is -3.20. The van der Waals surface area contributed by atoms with Crippen molar-refractivity contribution in [1.82, 2.24) is 0 Å². The summed E-state index contributed by atoms with van der Waals surface area (Å²) in [7, 11) is 0. The molecule has 3 bridgehead atoms. The summed E-state index contributed by atoms with van der Waals surface area (Å²) in [6.07, 6.45) is -0.914. The standard InChI is InChI=1S/C43H52O12/c1-24(2)39-21-28(22-50-36(46)26-15-9-7-10-16-26)42-31-34(39)53-43(54-39,55-42)30(44)20-14-6-4-5-13-19-29-25(3)33(45)41(49,32(29)42)38(48)40(35(31)52-40)23-51-37(47)27-17-11-8-12-18-27/h7-12,15-18,25,28-35,38,44-45,48-49H,1,4-6,13-14,19-23H2,2-3H3/t25-,28-,29-,30+,31-,32-,33-,34+,35-,38?,39-,40-,41-,42-,43?/m0/s1. The quantitative estimate of drug-likeness (QED) is 0.181. The number of hydrogen-bond acceptors (Lipinski definition) is 12. The van der Waals surface area contributed by atoms with Gasteiger partial charge < -0.3 is 48.8 Å². The summed E-state index contributed by atoms with van der Waals surface area (Å²) in [4.78, 5) is 27.0. The first-order valence-electron chi connectivity index (χ1n) is 20.0. The van der Waals surface area contributed by atoms with Gasteiger partial charge in [0.2, 0.25) is 0 Å². The van der Waals surface area contributed by atoms with E-state index >= 15 is 0 Å². The van der Waals surface area contributed by atoms with Gasteiger partial charge in [0.25, 0.3) is 0 Å². The first-order valence-corrected chi connectivity index (χ1v) is 20.0.